The van der Waals surface area contributed by atoms with Crippen LogP contribution in [0, 0.1) is 19.3 Å². The van der Waals surface area contributed by atoms with E-state index < -0.39 is 0 Å². The van der Waals surface area contributed by atoms with Gasteiger partial charge in [-0.25, -0.2) is 0 Å². The predicted molar refractivity (Wildman–Crippen MR) is 142 cm³/mol. The second kappa shape index (κ2) is 12.5. The molecule has 0 spiro atoms. The van der Waals surface area contributed by atoms with Crippen molar-refractivity contribution in [3.63, 3.8) is 0 Å². The zero-order valence-electron chi connectivity index (χ0n) is 20.8. The van der Waals surface area contributed by atoms with E-state index in [4.69, 9.17) is 6.42 Å². The summed E-state index contributed by atoms with van der Waals surface area (Å²) >= 11 is 0. The van der Waals surface area contributed by atoms with Gasteiger partial charge in [0.05, 0.1) is 0 Å². The molecule has 1 fully saturated rings. The molecule has 172 valence electrons. The van der Waals surface area contributed by atoms with Crippen LogP contribution in [-0.4, -0.2) is 19.0 Å². The van der Waals surface area contributed by atoms with E-state index in [1.165, 1.54) is 11.1 Å². The van der Waals surface area contributed by atoms with Crippen molar-refractivity contribution in [2.45, 2.75) is 53.5 Å². The van der Waals surface area contributed by atoms with Crippen molar-refractivity contribution in [2.24, 2.45) is 0 Å². The van der Waals surface area contributed by atoms with E-state index in [0.29, 0.717) is 11.6 Å². The Kier molecular flexibility index (Phi) is 9.76. The fourth-order valence-electron chi connectivity index (χ4n) is 3.53. The maximum atomic E-state index is 12.5. The number of allylic oxidation sites excluding steroid dienone is 6. The van der Waals surface area contributed by atoms with Gasteiger partial charge in [0.15, 0.2) is 0 Å². The molecule has 1 saturated carbocycles. The van der Waals surface area contributed by atoms with Crippen LogP contribution in [0.15, 0.2) is 72.0 Å². The number of carbonyl (C=O) groups excluding carboxylic acids is 1. The largest absolute Gasteiger partial charge is 0.391 e. The highest BCUT2D eigenvalue weighted by Gasteiger charge is 2.24. The Bertz CT molecular complexity index is 1110. The zero-order valence-corrected chi connectivity index (χ0v) is 20.8. The van der Waals surface area contributed by atoms with Crippen LogP contribution in [-0.2, 0) is 0 Å². The van der Waals surface area contributed by atoms with Crippen LogP contribution in [0.3, 0.4) is 0 Å². The summed E-state index contributed by atoms with van der Waals surface area (Å²) in [5.41, 5.74) is 7.75. The van der Waals surface area contributed by atoms with E-state index in [9.17, 15) is 4.79 Å². The highest BCUT2D eigenvalue weighted by atomic mass is 16.1. The Hall–Kier alpha value is -3.51. The van der Waals surface area contributed by atoms with E-state index in [1.54, 1.807) is 0 Å². The molecule has 2 aromatic rings. The molecule has 0 atom stereocenters. The fraction of sp³-hybridized carbons (Fsp3) is 0.300. The maximum Gasteiger partial charge on any atom is 0.251 e. The Morgan fingerprint density at radius 1 is 1.09 bits per heavy atom. The third kappa shape index (κ3) is 6.73. The summed E-state index contributed by atoms with van der Waals surface area (Å²) in [6.07, 6.45) is 12.2. The van der Waals surface area contributed by atoms with Gasteiger partial charge in [-0.1, -0.05) is 62.2 Å². The van der Waals surface area contributed by atoms with E-state index in [-0.39, 0.29) is 5.91 Å². The molecule has 2 aromatic carbocycles. The Morgan fingerprint density at radius 2 is 1.76 bits per heavy atom. The lowest BCUT2D eigenvalue weighted by atomic mass is 9.90. The molecule has 3 rings (SSSR count). The number of carbonyl (C=O) groups is 1. The van der Waals surface area contributed by atoms with Gasteiger partial charge in [0.25, 0.3) is 5.91 Å². The quantitative estimate of drug-likeness (QED) is 0.380. The van der Waals surface area contributed by atoms with Gasteiger partial charge in [0.2, 0.25) is 0 Å². The molecule has 0 aromatic heterocycles. The van der Waals surface area contributed by atoms with Gasteiger partial charge in [-0.05, 0) is 74.1 Å². The minimum atomic E-state index is -0.0445. The Labute approximate surface area is 199 Å². The molecule has 2 N–H and O–H groups in total. The van der Waals surface area contributed by atoms with Crippen molar-refractivity contribution in [2.75, 3.05) is 7.05 Å². The number of terminal acetylenes is 1. The number of nitrogens with one attached hydrogen (secondary N) is 2. The molecular formula is C30H36N2O. The minimum Gasteiger partial charge on any atom is -0.391 e. The summed E-state index contributed by atoms with van der Waals surface area (Å²) in [6, 6.07) is 16.2. The number of benzene rings is 2. The van der Waals surface area contributed by atoms with E-state index in [1.807, 2.05) is 77.2 Å². The zero-order chi connectivity index (χ0) is 24.4. The van der Waals surface area contributed by atoms with Gasteiger partial charge < -0.3 is 10.6 Å². The molecule has 1 aliphatic carbocycles. The summed E-state index contributed by atoms with van der Waals surface area (Å²) in [6.45, 7) is 10.2. The van der Waals surface area contributed by atoms with Crippen LogP contribution in [0.25, 0.3) is 11.1 Å². The van der Waals surface area contributed by atoms with Crippen LogP contribution in [0.2, 0.25) is 0 Å². The minimum absolute atomic E-state index is 0.0445. The Balaban J connectivity index is 0.00000187. The van der Waals surface area contributed by atoms with Crippen molar-refractivity contribution in [1.29, 1.82) is 0 Å². The van der Waals surface area contributed by atoms with E-state index in [0.717, 1.165) is 40.8 Å². The van der Waals surface area contributed by atoms with Gasteiger partial charge in [-0.2, -0.15) is 0 Å². The fourth-order valence-corrected chi connectivity index (χ4v) is 3.53. The third-order valence-electron chi connectivity index (χ3n) is 5.59. The van der Waals surface area contributed by atoms with Gasteiger partial charge >= 0.3 is 0 Å². The monoisotopic (exact) mass is 440 g/mol. The molecule has 0 heterocycles. The smallest absolute Gasteiger partial charge is 0.251 e. The summed E-state index contributed by atoms with van der Waals surface area (Å²) in [4.78, 5) is 12.5. The topological polar surface area (TPSA) is 41.1 Å². The average Bonchev–Trinajstić information content (AvgIpc) is 3.67. The predicted octanol–water partition coefficient (Wildman–Crippen LogP) is 6.53. The van der Waals surface area contributed by atoms with Crippen LogP contribution >= 0.6 is 0 Å². The molecule has 33 heavy (non-hydrogen) atoms. The van der Waals surface area contributed by atoms with E-state index in [2.05, 4.69) is 41.7 Å². The lowest BCUT2D eigenvalue weighted by Gasteiger charge is -2.16. The first-order valence-corrected chi connectivity index (χ1v) is 11.7. The molecule has 3 nitrogen and oxygen atoms in total. The van der Waals surface area contributed by atoms with Crippen molar-refractivity contribution < 1.29 is 4.79 Å². The standard InChI is InChI=1S/C28H30N2O.C2H6/c1-6-21(22-12-10-13-23(17-22)28(31)30-24-15-16-24)18-27(20(4)29-5)25(7-2)26-14-9-8-11-19(26)3;1-2/h1,7-14,17-18,24,29H,15-16H2,2-5H3,(H,30,31);1-2H3/b21-18+,25-7+,27-20-;. The molecule has 1 amide bonds. The first-order chi connectivity index (χ1) is 16.0. The molecule has 3 heteroatoms. The first-order valence-electron chi connectivity index (χ1n) is 11.7. The molecular weight excluding hydrogens is 404 g/mol. The first kappa shape index (κ1) is 25.7. The maximum absolute atomic E-state index is 12.5. The lowest BCUT2D eigenvalue weighted by Crippen LogP contribution is -2.25. The molecule has 0 radical (unpaired) electrons. The van der Waals surface area contributed by atoms with Crippen molar-refractivity contribution in [1.82, 2.24) is 10.6 Å². The van der Waals surface area contributed by atoms with Gasteiger partial charge in [0, 0.05) is 35.5 Å². The summed E-state index contributed by atoms with van der Waals surface area (Å²) in [7, 11) is 1.91. The number of rotatable bonds is 7. The highest BCUT2D eigenvalue weighted by molar-refractivity contribution is 5.96. The average molecular weight is 441 g/mol. The molecule has 0 saturated heterocycles. The number of amides is 1. The molecule has 0 aliphatic heterocycles. The molecule has 0 unspecified atom stereocenters. The third-order valence-corrected chi connectivity index (χ3v) is 5.59. The summed E-state index contributed by atoms with van der Waals surface area (Å²) < 4.78 is 0. The van der Waals surface area contributed by atoms with Gasteiger partial charge in [-0.3, -0.25) is 4.79 Å². The molecule has 1 aliphatic rings. The second-order valence-corrected chi connectivity index (χ2v) is 7.84. The van der Waals surface area contributed by atoms with Crippen molar-refractivity contribution in [3.05, 3.63) is 94.2 Å². The van der Waals surface area contributed by atoms with E-state index >= 15 is 0 Å². The molecule has 0 bridgehead atoms. The summed E-state index contributed by atoms with van der Waals surface area (Å²) in [5, 5.41) is 6.31. The van der Waals surface area contributed by atoms with Crippen LogP contribution < -0.4 is 10.6 Å². The number of hydrogen-bond acceptors (Lipinski definition) is 2. The normalized spacial score (nSPS) is 14.3. The highest BCUT2D eigenvalue weighted by Crippen LogP contribution is 2.31. The van der Waals surface area contributed by atoms with Crippen LogP contribution in [0.5, 0.6) is 0 Å². The number of aryl methyl sites for hydroxylation is 1. The van der Waals surface area contributed by atoms with Crippen molar-refractivity contribution in [3.8, 4) is 12.3 Å². The SMILES string of the molecule is C#C\C(=C/C(=C(\C)NC)C(=C/C)/c1ccccc1C)c1cccc(C(=O)NC2CC2)c1.CC. The van der Waals surface area contributed by atoms with Crippen molar-refractivity contribution >= 4 is 17.1 Å². The number of hydrogen-bond donors (Lipinski definition) is 2. The van der Waals surface area contributed by atoms with Gasteiger partial charge in [-0.15, -0.1) is 6.42 Å². The summed E-state index contributed by atoms with van der Waals surface area (Å²) in [5.74, 6) is 2.79. The lowest BCUT2D eigenvalue weighted by molar-refractivity contribution is 0.0951. The van der Waals surface area contributed by atoms with Crippen LogP contribution in [0.1, 0.15) is 67.6 Å². The van der Waals surface area contributed by atoms with Crippen LogP contribution in [0.4, 0.5) is 0 Å². The van der Waals surface area contributed by atoms with Gasteiger partial charge in [0.1, 0.15) is 0 Å². The Morgan fingerprint density at radius 3 is 2.33 bits per heavy atom. The second-order valence-electron chi connectivity index (χ2n) is 7.84.